The van der Waals surface area contributed by atoms with Crippen LogP contribution >= 0.6 is 0 Å². The molecule has 1 aromatic carbocycles. The van der Waals surface area contributed by atoms with Crippen molar-refractivity contribution >= 4 is 5.97 Å². The van der Waals surface area contributed by atoms with Gasteiger partial charge in [-0.1, -0.05) is 30.3 Å². The van der Waals surface area contributed by atoms with Crippen LogP contribution in [0.2, 0.25) is 0 Å². The average molecular weight is 248 g/mol. The van der Waals surface area contributed by atoms with Gasteiger partial charge in [-0.2, -0.15) is 0 Å². The molecule has 98 valence electrons. The summed E-state index contributed by atoms with van der Waals surface area (Å²) in [6.07, 6.45) is 0. The molecule has 0 aliphatic carbocycles. The van der Waals surface area contributed by atoms with Crippen LogP contribution in [0.4, 0.5) is 0 Å². The Morgan fingerprint density at radius 3 is 2.50 bits per heavy atom. The SMILES string of the molecule is CN(C)C1CN(Cc2ccccc2)CC1C(=O)O. The first-order valence-electron chi connectivity index (χ1n) is 6.23. The van der Waals surface area contributed by atoms with Crippen molar-refractivity contribution in [3.63, 3.8) is 0 Å². The average Bonchev–Trinajstić information content (AvgIpc) is 2.74. The smallest absolute Gasteiger partial charge is 0.309 e. The third-order valence-electron chi connectivity index (χ3n) is 3.59. The van der Waals surface area contributed by atoms with Crippen LogP contribution in [0, 0.1) is 5.92 Å². The third-order valence-corrected chi connectivity index (χ3v) is 3.59. The van der Waals surface area contributed by atoms with Crippen LogP contribution in [0.1, 0.15) is 5.56 Å². The second-order valence-corrected chi connectivity index (χ2v) is 5.16. The van der Waals surface area contributed by atoms with Crippen molar-refractivity contribution in [2.75, 3.05) is 27.2 Å². The van der Waals surface area contributed by atoms with Gasteiger partial charge in [0.2, 0.25) is 0 Å². The Bertz CT molecular complexity index is 406. The zero-order valence-electron chi connectivity index (χ0n) is 10.9. The molecular formula is C14H20N2O2. The maximum absolute atomic E-state index is 11.3. The molecule has 0 aromatic heterocycles. The monoisotopic (exact) mass is 248 g/mol. The molecule has 1 aliphatic heterocycles. The van der Waals surface area contributed by atoms with Crippen molar-refractivity contribution in [3.8, 4) is 0 Å². The molecule has 1 saturated heterocycles. The van der Waals surface area contributed by atoms with Gasteiger partial charge in [-0.15, -0.1) is 0 Å². The molecule has 2 atom stereocenters. The molecule has 1 fully saturated rings. The predicted octanol–water partition coefficient (Wildman–Crippen LogP) is 1.13. The Balaban J connectivity index is 2.03. The molecule has 2 unspecified atom stereocenters. The number of carbonyl (C=O) groups is 1. The van der Waals surface area contributed by atoms with E-state index in [1.165, 1.54) is 5.56 Å². The number of hydrogen-bond acceptors (Lipinski definition) is 3. The molecule has 1 aliphatic rings. The van der Waals surface area contributed by atoms with Gasteiger partial charge >= 0.3 is 5.97 Å². The van der Waals surface area contributed by atoms with E-state index >= 15 is 0 Å². The standard InChI is InChI=1S/C14H20N2O2/c1-15(2)13-10-16(9-12(13)14(17)18)8-11-6-4-3-5-7-11/h3-7,12-13H,8-10H2,1-2H3,(H,17,18). The second-order valence-electron chi connectivity index (χ2n) is 5.16. The number of aliphatic carboxylic acids is 1. The van der Waals surface area contributed by atoms with E-state index in [1.807, 2.05) is 37.2 Å². The molecular weight excluding hydrogens is 228 g/mol. The first kappa shape index (κ1) is 13.1. The molecule has 0 spiro atoms. The number of benzene rings is 1. The van der Waals surface area contributed by atoms with Gasteiger partial charge < -0.3 is 10.0 Å². The first-order valence-corrected chi connectivity index (χ1v) is 6.23. The van der Waals surface area contributed by atoms with Crippen LogP contribution in [-0.2, 0) is 11.3 Å². The summed E-state index contributed by atoms with van der Waals surface area (Å²) in [6, 6.07) is 10.3. The van der Waals surface area contributed by atoms with Crippen LogP contribution in [0.25, 0.3) is 0 Å². The predicted molar refractivity (Wildman–Crippen MR) is 70.3 cm³/mol. The third kappa shape index (κ3) is 2.89. The van der Waals surface area contributed by atoms with Crippen molar-refractivity contribution in [2.45, 2.75) is 12.6 Å². The van der Waals surface area contributed by atoms with Crippen molar-refractivity contribution < 1.29 is 9.90 Å². The van der Waals surface area contributed by atoms with Crippen LogP contribution in [0.15, 0.2) is 30.3 Å². The highest BCUT2D eigenvalue weighted by Crippen LogP contribution is 2.22. The lowest BCUT2D eigenvalue weighted by Crippen LogP contribution is -2.38. The molecule has 1 aromatic rings. The fourth-order valence-corrected chi connectivity index (χ4v) is 2.60. The summed E-state index contributed by atoms with van der Waals surface area (Å²) in [5, 5.41) is 9.26. The lowest BCUT2D eigenvalue weighted by Gasteiger charge is -2.22. The minimum Gasteiger partial charge on any atom is -0.481 e. The van der Waals surface area contributed by atoms with E-state index < -0.39 is 5.97 Å². The van der Waals surface area contributed by atoms with Gasteiger partial charge in [-0.3, -0.25) is 9.69 Å². The van der Waals surface area contributed by atoms with Crippen molar-refractivity contribution in [1.82, 2.24) is 9.80 Å². The van der Waals surface area contributed by atoms with E-state index in [4.69, 9.17) is 0 Å². The molecule has 2 rings (SSSR count). The van der Waals surface area contributed by atoms with E-state index in [9.17, 15) is 9.90 Å². The van der Waals surface area contributed by atoms with E-state index in [-0.39, 0.29) is 12.0 Å². The summed E-state index contributed by atoms with van der Waals surface area (Å²) in [4.78, 5) is 15.5. The van der Waals surface area contributed by atoms with Crippen LogP contribution < -0.4 is 0 Å². The fraction of sp³-hybridized carbons (Fsp3) is 0.500. The minimum absolute atomic E-state index is 0.103. The molecule has 0 saturated carbocycles. The lowest BCUT2D eigenvalue weighted by molar-refractivity contribution is -0.142. The summed E-state index contributed by atoms with van der Waals surface area (Å²) >= 11 is 0. The number of rotatable bonds is 4. The van der Waals surface area contributed by atoms with Crippen LogP contribution in [0.5, 0.6) is 0 Å². The quantitative estimate of drug-likeness (QED) is 0.867. The highest BCUT2D eigenvalue weighted by molar-refractivity contribution is 5.71. The highest BCUT2D eigenvalue weighted by atomic mass is 16.4. The van der Waals surface area contributed by atoms with Gasteiger partial charge in [-0.05, 0) is 19.7 Å². The maximum Gasteiger partial charge on any atom is 0.309 e. The Hall–Kier alpha value is -1.39. The van der Waals surface area contributed by atoms with E-state index in [2.05, 4.69) is 17.0 Å². The Labute approximate surface area is 108 Å². The molecule has 4 nitrogen and oxygen atoms in total. The molecule has 0 amide bonds. The van der Waals surface area contributed by atoms with Gasteiger partial charge in [0.15, 0.2) is 0 Å². The second kappa shape index (κ2) is 5.50. The summed E-state index contributed by atoms with van der Waals surface area (Å²) < 4.78 is 0. The summed E-state index contributed by atoms with van der Waals surface area (Å²) in [5.74, 6) is -0.979. The normalized spacial score (nSPS) is 24.6. The van der Waals surface area contributed by atoms with Gasteiger partial charge in [0, 0.05) is 25.7 Å². The first-order chi connectivity index (χ1) is 8.58. The molecule has 0 radical (unpaired) electrons. The number of likely N-dealkylation sites (tertiary alicyclic amines) is 1. The van der Waals surface area contributed by atoms with Crippen molar-refractivity contribution in [2.24, 2.45) is 5.92 Å². The molecule has 0 bridgehead atoms. The minimum atomic E-state index is -0.690. The van der Waals surface area contributed by atoms with Crippen LogP contribution in [-0.4, -0.2) is 54.1 Å². The fourth-order valence-electron chi connectivity index (χ4n) is 2.60. The number of carboxylic acid groups (broad SMARTS) is 1. The van der Waals surface area contributed by atoms with Gasteiger partial charge in [0.1, 0.15) is 0 Å². The Morgan fingerprint density at radius 1 is 1.33 bits per heavy atom. The molecule has 18 heavy (non-hydrogen) atoms. The van der Waals surface area contributed by atoms with Crippen molar-refractivity contribution in [1.29, 1.82) is 0 Å². The largest absolute Gasteiger partial charge is 0.481 e. The number of nitrogens with zero attached hydrogens (tertiary/aromatic N) is 2. The molecule has 1 heterocycles. The van der Waals surface area contributed by atoms with E-state index in [1.54, 1.807) is 0 Å². The zero-order chi connectivity index (χ0) is 13.1. The Morgan fingerprint density at radius 2 is 2.00 bits per heavy atom. The zero-order valence-corrected chi connectivity index (χ0v) is 10.9. The van der Waals surface area contributed by atoms with Crippen molar-refractivity contribution in [3.05, 3.63) is 35.9 Å². The Kier molecular flexibility index (Phi) is 3.99. The summed E-state index contributed by atoms with van der Waals surface area (Å²) in [5.41, 5.74) is 1.24. The number of hydrogen-bond donors (Lipinski definition) is 1. The summed E-state index contributed by atoms with van der Waals surface area (Å²) in [6.45, 7) is 2.28. The highest BCUT2D eigenvalue weighted by Gasteiger charge is 2.38. The van der Waals surface area contributed by atoms with Gasteiger partial charge in [-0.25, -0.2) is 0 Å². The summed E-state index contributed by atoms with van der Waals surface area (Å²) in [7, 11) is 3.90. The lowest BCUT2D eigenvalue weighted by atomic mass is 10.0. The number of carboxylic acids is 1. The van der Waals surface area contributed by atoms with Gasteiger partial charge in [0.05, 0.1) is 5.92 Å². The number of likely N-dealkylation sites (N-methyl/N-ethyl adjacent to an activating group) is 1. The topological polar surface area (TPSA) is 43.8 Å². The van der Waals surface area contributed by atoms with Crippen LogP contribution in [0.3, 0.4) is 0 Å². The van der Waals surface area contributed by atoms with E-state index in [0.717, 1.165) is 13.1 Å². The van der Waals surface area contributed by atoms with E-state index in [0.29, 0.717) is 6.54 Å². The molecule has 1 N–H and O–H groups in total. The molecule has 4 heteroatoms. The maximum atomic E-state index is 11.3. The van der Waals surface area contributed by atoms with Gasteiger partial charge in [0.25, 0.3) is 0 Å².